The highest BCUT2D eigenvalue weighted by Crippen LogP contribution is 2.33. The third-order valence-electron chi connectivity index (χ3n) is 6.54. The number of likely N-dealkylation sites (tertiary alicyclic amines) is 1. The first-order valence-electron chi connectivity index (χ1n) is 11.4. The van der Waals surface area contributed by atoms with Crippen LogP contribution in [-0.4, -0.2) is 58.9 Å². The SMILES string of the molecule is CN(CC1CCC(C(=O)N2CCC(c3ccncc3)CC2)CC1)C(=O)NC(C)(C)C. The first kappa shape index (κ1) is 22.6. The van der Waals surface area contributed by atoms with Crippen molar-refractivity contribution in [3.8, 4) is 0 Å². The van der Waals surface area contributed by atoms with E-state index in [1.54, 1.807) is 4.90 Å². The number of nitrogens with zero attached hydrogens (tertiary/aromatic N) is 3. The third-order valence-corrected chi connectivity index (χ3v) is 6.54. The molecule has 30 heavy (non-hydrogen) atoms. The minimum atomic E-state index is -0.222. The molecular formula is C24H38N4O2. The fourth-order valence-corrected chi connectivity index (χ4v) is 4.81. The number of urea groups is 1. The van der Waals surface area contributed by atoms with Gasteiger partial charge in [-0.25, -0.2) is 4.79 Å². The molecule has 0 spiro atoms. The molecule has 0 atom stereocenters. The molecule has 2 fully saturated rings. The first-order chi connectivity index (χ1) is 14.2. The Morgan fingerprint density at radius 2 is 1.67 bits per heavy atom. The van der Waals surface area contributed by atoms with Crippen LogP contribution in [0.25, 0.3) is 0 Å². The molecule has 1 saturated heterocycles. The Hall–Kier alpha value is -2.11. The van der Waals surface area contributed by atoms with Crippen LogP contribution in [0, 0.1) is 11.8 Å². The van der Waals surface area contributed by atoms with Crippen molar-refractivity contribution in [1.29, 1.82) is 0 Å². The van der Waals surface area contributed by atoms with Gasteiger partial charge in [-0.1, -0.05) is 0 Å². The summed E-state index contributed by atoms with van der Waals surface area (Å²) in [5.74, 6) is 1.54. The predicted molar refractivity (Wildman–Crippen MR) is 119 cm³/mol. The van der Waals surface area contributed by atoms with Gasteiger partial charge in [-0.2, -0.15) is 0 Å². The Labute approximate surface area is 181 Å². The van der Waals surface area contributed by atoms with Crippen LogP contribution in [0.5, 0.6) is 0 Å². The highest BCUT2D eigenvalue weighted by Gasteiger charge is 2.32. The van der Waals surface area contributed by atoms with E-state index in [9.17, 15) is 9.59 Å². The van der Waals surface area contributed by atoms with Gasteiger partial charge in [0.1, 0.15) is 0 Å². The van der Waals surface area contributed by atoms with Crippen LogP contribution in [-0.2, 0) is 4.79 Å². The molecule has 6 heteroatoms. The van der Waals surface area contributed by atoms with E-state index in [1.165, 1.54) is 5.56 Å². The van der Waals surface area contributed by atoms with Crippen molar-refractivity contribution in [2.24, 2.45) is 11.8 Å². The Bertz CT molecular complexity index is 700. The molecule has 1 N–H and O–H groups in total. The lowest BCUT2D eigenvalue weighted by molar-refractivity contribution is -0.138. The number of rotatable bonds is 4. The highest BCUT2D eigenvalue weighted by atomic mass is 16.2. The quantitative estimate of drug-likeness (QED) is 0.809. The molecule has 2 aliphatic rings. The normalized spacial score (nSPS) is 23.1. The molecular weight excluding hydrogens is 376 g/mol. The molecule has 3 amide bonds. The Morgan fingerprint density at radius 1 is 1.07 bits per heavy atom. The van der Waals surface area contributed by atoms with Crippen LogP contribution in [0.4, 0.5) is 4.79 Å². The number of nitrogens with one attached hydrogen (secondary N) is 1. The summed E-state index contributed by atoms with van der Waals surface area (Å²) >= 11 is 0. The highest BCUT2D eigenvalue weighted by molar-refractivity contribution is 5.79. The standard InChI is InChI=1S/C24H38N4O2/c1-24(2,3)26-23(30)27(4)17-18-5-7-21(8-6-18)22(29)28-15-11-20(12-16-28)19-9-13-25-14-10-19/h9-10,13-14,18,20-21H,5-8,11-12,15-17H2,1-4H3,(H,26,30). The van der Waals surface area contributed by atoms with Crippen molar-refractivity contribution in [3.63, 3.8) is 0 Å². The van der Waals surface area contributed by atoms with Gasteiger partial charge in [0, 0.05) is 50.5 Å². The average molecular weight is 415 g/mol. The molecule has 0 radical (unpaired) electrons. The summed E-state index contributed by atoms with van der Waals surface area (Å²) in [6.45, 7) is 8.48. The van der Waals surface area contributed by atoms with Gasteiger partial charge in [-0.15, -0.1) is 0 Å². The number of aromatic nitrogens is 1. The smallest absolute Gasteiger partial charge is 0.317 e. The van der Waals surface area contributed by atoms with Crippen LogP contribution in [0.2, 0.25) is 0 Å². The molecule has 1 saturated carbocycles. The van der Waals surface area contributed by atoms with Crippen molar-refractivity contribution in [2.75, 3.05) is 26.7 Å². The maximum Gasteiger partial charge on any atom is 0.317 e. The monoisotopic (exact) mass is 414 g/mol. The van der Waals surface area contributed by atoms with Crippen LogP contribution in [0.1, 0.15) is 70.8 Å². The summed E-state index contributed by atoms with van der Waals surface area (Å²) < 4.78 is 0. The number of hydrogen-bond donors (Lipinski definition) is 1. The van der Waals surface area contributed by atoms with Crippen molar-refractivity contribution in [3.05, 3.63) is 30.1 Å². The summed E-state index contributed by atoms with van der Waals surface area (Å²) in [4.78, 5) is 33.3. The van der Waals surface area contributed by atoms with E-state index in [0.717, 1.165) is 58.2 Å². The van der Waals surface area contributed by atoms with E-state index in [2.05, 4.69) is 27.3 Å². The lowest BCUT2D eigenvalue weighted by Gasteiger charge is -2.37. The predicted octanol–water partition coefficient (Wildman–Crippen LogP) is 4.03. The Morgan fingerprint density at radius 3 is 2.23 bits per heavy atom. The number of piperidine rings is 1. The molecule has 1 aromatic heterocycles. The average Bonchev–Trinajstić information content (AvgIpc) is 2.73. The van der Waals surface area contributed by atoms with Crippen molar-refractivity contribution in [2.45, 2.75) is 70.8 Å². The molecule has 166 valence electrons. The van der Waals surface area contributed by atoms with E-state index >= 15 is 0 Å². The Kier molecular flexibility index (Phi) is 7.37. The maximum atomic E-state index is 13.0. The van der Waals surface area contributed by atoms with Crippen molar-refractivity contribution < 1.29 is 9.59 Å². The van der Waals surface area contributed by atoms with Crippen LogP contribution in [0.3, 0.4) is 0 Å². The van der Waals surface area contributed by atoms with E-state index < -0.39 is 0 Å². The Balaban J connectivity index is 1.41. The van der Waals surface area contributed by atoms with Gasteiger partial charge in [-0.05, 0) is 88.8 Å². The molecule has 6 nitrogen and oxygen atoms in total. The molecule has 1 aromatic rings. The van der Waals surface area contributed by atoms with Crippen LogP contribution in [0.15, 0.2) is 24.5 Å². The fourth-order valence-electron chi connectivity index (χ4n) is 4.81. The molecule has 0 unspecified atom stereocenters. The molecule has 3 rings (SSSR count). The minimum Gasteiger partial charge on any atom is -0.342 e. The zero-order chi connectivity index (χ0) is 21.7. The van der Waals surface area contributed by atoms with Crippen molar-refractivity contribution >= 4 is 11.9 Å². The van der Waals surface area contributed by atoms with E-state index in [-0.39, 0.29) is 17.5 Å². The second-order valence-electron chi connectivity index (χ2n) is 10.2. The van der Waals surface area contributed by atoms with E-state index in [0.29, 0.717) is 17.7 Å². The minimum absolute atomic E-state index is 0.0160. The van der Waals surface area contributed by atoms with Gasteiger partial charge >= 0.3 is 6.03 Å². The third kappa shape index (κ3) is 6.19. The zero-order valence-electron chi connectivity index (χ0n) is 19.1. The van der Waals surface area contributed by atoms with Gasteiger partial charge in [0.15, 0.2) is 0 Å². The van der Waals surface area contributed by atoms with Gasteiger partial charge in [0.25, 0.3) is 0 Å². The summed E-state index contributed by atoms with van der Waals surface area (Å²) in [5, 5.41) is 3.02. The second kappa shape index (κ2) is 9.80. The van der Waals surface area contributed by atoms with Gasteiger partial charge < -0.3 is 15.1 Å². The lowest BCUT2D eigenvalue weighted by atomic mass is 9.80. The number of carbonyl (C=O) groups is 2. The number of pyridine rings is 1. The second-order valence-corrected chi connectivity index (χ2v) is 10.2. The topological polar surface area (TPSA) is 65.5 Å². The van der Waals surface area contributed by atoms with E-state index in [1.807, 2.05) is 40.2 Å². The zero-order valence-corrected chi connectivity index (χ0v) is 19.1. The van der Waals surface area contributed by atoms with E-state index in [4.69, 9.17) is 0 Å². The molecule has 1 aliphatic heterocycles. The summed E-state index contributed by atoms with van der Waals surface area (Å²) in [6, 6.07) is 4.18. The molecule has 1 aliphatic carbocycles. The lowest BCUT2D eigenvalue weighted by Crippen LogP contribution is -2.48. The van der Waals surface area contributed by atoms with Gasteiger partial charge in [0.2, 0.25) is 5.91 Å². The summed E-state index contributed by atoms with van der Waals surface area (Å²) in [5.41, 5.74) is 1.12. The van der Waals surface area contributed by atoms with Crippen LogP contribution >= 0.6 is 0 Å². The van der Waals surface area contributed by atoms with Crippen LogP contribution < -0.4 is 5.32 Å². The summed E-state index contributed by atoms with van der Waals surface area (Å²) in [6.07, 6.45) is 9.74. The first-order valence-corrected chi connectivity index (χ1v) is 11.4. The van der Waals surface area contributed by atoms with Gasteiger partial charge in [-0.3, -0.25) is 9.78 Å². The molecule has 0 aromatic carbocycles. The molecule has 0 bridgehead atoms. The number of hydrogen-bond acceptors (Lipinski definition) is 3. The number of amides is 3. The van der Waals surface area contributed by atoms with Gasteiger partial charge in [0.05, 0.1) is 0 Å². The number of carbonyl (C=O) groups excluding carboxylic acids is 2. The maximum absolute atomic E-state index is 13.0. The largest absolute Gasteiger partial charge is 0.342 e. The summed E-state index contributed by atoms with van der Waals surface area (Å²) in [7, 11) is 1.87. The molecule has 2 heterocycles. The van der Waals surface area contributed by atoms with Crippen molar-refractivity contribution in [1.82, 2.24) is 20.1 Å². The fraction of sp³-hybridized carbons (Fsp3) is 0.708.